The molecule has 0 fully saturated rings. The van der Waals surface area contributed by atoms with Crippen LogP contribution >= 0.6 is 0 Å². The molecule has 0 saturated heterocycles. The summed E-state index contributed by atoms with van der Waals surface area (Å²) in [5, 5.41) is 0. The number of benzene rings is 1. The van der Waals surface area contributed by atoms with Gasteiger partial charge in [0, 0.05) is 5.92 Å². The summed E-state index contributed by atoms with van der Waals surface area (Å²) >= 11 is 0. The number of rotatable bonds is 2. The van der Waals surface area contributed by atoms with Gasteiger partial charge in [-0.3, -0.25) is 0 Å². The van der Waals surface area contributed by atoms with Gasteiger partial charge < -0.3 is 4.74 Å². The minimum Gasteiger partial charge on any atom is -0.494 e. The quantitative estimate of drug-likeness (QED) is 0.658. The van der Waals surface area contributed by atoms with E-state index >= 15 is 0 Å². The molecule has 1 radical (unpaired) electrons. The van der Waals surface area contributed by atoms with E-state index in [1.807, 2.05) is 13.8 Å². The van der Waals surface area contributed by atoms with E-state index in [1.54, 1.807) is 18.2 Å². The molecule has 0 spiro atoms. The van der Waals surface area contributed by atoms with Gasteiger partial charge in [0.05, 0.1) is 7.11 Å². The van der Waals surface area contributed by atoms with Crippen LogP contribution in [0.25, 0.3) is 0 Å². The molecule has 0 aliphatic rings. The second kappa shape index (κ2) is 3.57. The van der Waals surface area contributed by atoms with Crippen molar-refractivity contribution in [1.82, 2.24) is 0 Å². The van der Waals surface area contributed by atoms with Crippen LogP contribution in [0.15, 0.2) is 18.2 Å². The lowest BCUT2D eigenvalue weighted by Gasteiger charge is -2.08. The molecule has 2 heteroatoms. The minimum atomic E-state index is -0.278. The Kier molecular flexibility index (Phi) is 2.69. The lowest BCUT2D eigenvalue weighted by Crippen LogP contribution is -1.96. The van der Waals surface area contributed by atoms with E-state index in [9.17, 15) is 4.39 Å². The summed E-state index contributed by atoms with van der Waals surface area (Å²) in [5.74, 6) is 0.972. The van der Waals surface area contributed by atoms with Gasteiger partial charge in [0.1, 0.15) is 0 Å². The van der Waals surface area contributed by atoms with Crippen molar-refractivity contribution >= 4 is 0 Å². The highest BCUT2D eigenvalue weighted by atomic mass is 19.1. The lowest BCUT2D eigenvalue weighted by molar-refractivity contribution is 0.385. The van der Waals surface area contributed by atoms with Crippen molar-refractivity contribution in [2.75, 3.05) is 7.11 Å². The maximum Gasteiger partial charge on any atom is 0.168 e. The van der Waals surface area contributed by atoms with Crippen LogP contribution in [0.3, 0.4) is 0 Å². The average Bonchev–Trinajstić information content (AvgIpc) is 2.04. The zero-order chi connectivity index (χ0) is 9.14. The van der Waals surface area contributed by atoms with Crippen molar-refractivity contribution in [3.8, 4) is 5.75 Å². The molecule has 65 valence electrons. The molecule has 1 aromatic rings. The fourth-order valence-electron chi connectivity index (χ4n) is 1.05. The summed E-state index contributed by atoms with van der Waals surface area (Å²) in [6.45, 7) is 3.75. The van der Waals surface area contributed by atoms with Crippen LogP contribution in [-0.4, -0.2) is 7.11 Å². The van der Waals surface area contributed by atoms with Crippen molar-refractivity contribution in [3.05, 3.63) is 35.5 Å². The van der Waals surface area contributed by atoms with E-state index in [0.29, 0.717) is 11.3 Å². The van der Waals surface area contributed by atoms with Crippen LogP contribution in [0.1, 0.15) is 19.4 Å². The molecule has 0 unspecified atom stereocenters. The average molecular weight is 167 g/mol. The van der Waals surface area contributed by atoms with Crippen LogP contribution in [0, 0.1) is 11.7 Å². The molecule has 0 saturated carbocycles. The molecular formula is C10H12FO. The molecule has 0 atom stereocenters. The van der Waals surface area contributed by atoms with Crippen LogP contribution < -0.4 is 4.74 Å². The van der Waals surface area contributed by atoms with Crippen molar-refractivity contribution in [2.45, 2.75) is 13.8 Å². The highest BCUT2D eigenvalue weighted by Gasteiger charge is 2.10. The second-order valence-corrected chi connectivity index (χ2v) is 2.82. The van der Waals surface area contributed by atoms with E-state index in [1.165, 1.54) is 7.11 Å². The predicted molar refractivity (Wildman–Crippen MR) is 46.6 cm³/mol. The van der Waals surface area contributed by atoms with E-state index in [-0.39, 0.29) is 5.82 Å². The first-order chi connectivity index (χ1) is 5.66. The van der Waals surface area contributed by atoms with Gasteiger partial charge in [0.2, 0.25) is 0 Å². The molecule has 1 aromatic carbocycles. The van der Waals surface area contributed by atoms with Gasteiger partial charge in [0.25, 0.3) is 0 Å². The molecular weight excluding hydrogens is 155 g/mol. The maximum absolute atomic E-state index is 13.4. The second-order valence-electron chi connectivity index (χ2n) is 2.82. The number of halogens is 1. The zero-order valence-electron chi connectivity index (χ0n) is 7.52. The molecule has 0 aliphatic carbocycles. The number of hydrogen-bond donors (Lipinski definition) is 0. The molecule has 0 aromatic heterocycles. The van der Waals surface area contributed by atoms with E-state index in [2.05, 4.69) is 0 Å². The molecule has 0 amide bonds. The van der Waals surface area contributed by atoms with E-state index in [0.717, 1.165) is 5.92 Å². The van der Waals surface area contributed by atoms with E-state index < -0.39 is 0 Å². The summed E-state index contributed by atoms with van der Waals surface area (Å²) < 4.78 is 18.2. The van der Waals surface area contributed by atoms with Crippen molar-refractivity contribution in [2.24, 2.45) is 0 Å². The molecule has 0 aliphatic heterocycles. The highest BCUT2D eigenvalue weighted by molar-refractivity contribution is 5.37. The van der Waals surface area contributed by atoms with Crippen molar-refractivity contribution in [3.63, 3.8) is 0 Å². The van der Waals surface area contributed by atoms with Gasteiger partial charge in [-0.25, -0.2) is 4.39 Å². The predicted octanol–water partition coefficient (Wildman–Crippen LogP) is 2.80. The van der Waals surface area contributed by atoms with Crippen LogP contribution in [0.2, 0.25) is 0 Å². The third-order valence-corrected chi connectivity index (χ3v) is 1.72. The van der Waals surface area contributed by atoms with Crippen molar-refractivity contribution < 1.29 is 9.13 Å². The molecule has 12 heavy (non-hydrogen) atoms. The number of ether oxygens (including phenoxy) is 1. The van der Waals surface area contributed by atoms with Crippen LogP contribution in [0.4, 0.5) is 4.39 Å². The fourth-order valence-corrected chi connectivity index (χ4v) is 1.05. The smallest absolute Gasteiger partial charge is 0.168 e. The van der Waals surface area contributed by atoms with Crippen LogP contribution in [0.5, 0.6) is 5.75 Å². The molecule has 1 nitrogen and oxygen atoms in total. The van der Waals surface area contributed by atoms with Gasteiger partial charge in [-0.05, 0) is 11.6 Å². The minimum absolute atomic E-state index is 0.278. The third-order valence-electron chi connectivity index (χ3n) is 1.72. The van der Waals surface area contributed by atoms with Gasteiger partial charge >= 0.3 is 0 Å². The van der Waals surface area contributed by atoms with Gasteiger partial charge in [-0.1, -0.05) is 26.0 Å². The fraction of sp³-hybridized carbons (Fsp3) is 0.300. The summed E-state index contributed by atoms with van der Waals surface area (Å²) in [6, 6.07) is 5.14. The first-order valence-electron chi connectivity index (χ1n) is 3.80. The topological polar surface area (TPSA) is 9.23 Å². The molecule has 1 rings (SSSR count). The Morgan fingerprint density at radius 1 is 1.33 bits per heavy atom. The van der Waals surface area contributed by atoms with Gasteiger partial charge in [-0.2, -0.15) is 0 Å². The van der Waals surface area contributed by atoms with Crippen molar-refractivity contribution in [1.29, 1.82) is 0 Å². The molecule has 0 bridgehead atoms. The summed E-state index contributed by atoms with van der Waals surface area (Å²) in [5.41, 5.74) is 0.620. The Morgan fingerprint density at radius 2 is 2.00 bits per heavy atom. The largest absolute Gasteiger partial charge is 0.494 e. The Labute approximate surface area is 72.2 Å². The summed E-state index contributed by atoms with van der Waals surface area (Å²) in [7, 11) is 1.47. The lowest BCUT2D eigenvalue weighted by atomic mass is 10.0. The zero-order valence-corrected chi connectivity index (χ0v) is 7.52. The Hall–Kier alpha value is -1.05. The summed E-state index contributed by atoms with van der Waals surface area (Å²) in [4.78, 5) is 0. The van der Waals surface area contributed by atoms with Gasteiger partial charge in [-0.15, -0.1) is 0 Å². The standard InChI is InChI=1S/C10H12FO/c1-7(2)8-5-4-6-9(12-3)10(8)11/h4-6H,1-3H3. The molecule has 0 heterocycles. The maximum atomic E-state index is 13.4. The summed E-state index contributed by atoms with van der Waals surface area (Å²) in [6.07, 6.45) is 0. The van der Waals surface area contributed by atoms with Gasteiger partial charge in [0.15, 0.2) is 11.6 Å². The molecule has 0 N–H and O–H groups in total. The SMILES string of the molecule is COc1cccc([C](C)C)c1F. The Morgan fingerprint density at radius 3 is 2.50 bits per heavy atom. The van der Waals surface area contributed by atoms with E-state index in [4.69, 9.17) is 4.74 Å². The Balaban J connectivity index is 3.14. The Bertz CT molecular complexity index is 269. The number of methoxy groups -OCH3 is 1. The third kappa shape index (κ3) is 1.58. The highest BCUT2D eigenvalue weighted by Crippen LogP contribution is 2.24. The number of hydrogen-bond acceptors (Lipinski definition) is 1. The van der Waals surface area contributed by atoms with Crippen LogP contribution in [-0.2, 0) is 0 Å². The monoisotopic (exact) mass is 167 g/mol. The first kappa shape index (κ1) is 9.04. The normalized spacial score (nSPS) is 10.4. The first-order valence-corrected chi connectivity index (χ1v) is 3.80.